The highest BCUT2D eigenvalue weighted by atomic mass is 16.1. The standard InChI is InChI=1S/C9H12N2O/c1-7(12)2-3-8-4-5-9(10)11-6-8/h4-6H,2-3H2,1H3,(H2,10,11). The number of carbonyl (C=O) groups is 1. The monoisotopic (exact) mass is 164 g/mol. The number of nitrogens with two attached hydrogens (primary N) is 1. The molecule has 0 fully saturated rings. The van der Waals surface area contributed by atoms with Crippen molar-refractivity contribution in [3.05, 3.63) is 23.9 Å². The zero-order valence-corrected chi connectivity index (χ0v) is 7.08. The van der Waals surface area contributed by atoms with E-state index in [-0.39, 0.29) is 5.78 Å². The number of anilines is 1. The van der Waals surface area contributed by atoms with E-state index >= 15 is 0 Å². The van der Waals surface area contributed by atoms with Crippen LogP contribution in [-0.2, 0) is 11.2 Å². The molecule has 1 aromatic rings. The molecule has 3 nitrogen and oxygen atoms in total. The maximum Gasteiger partial charge on any atom is 0.130 e. The Morgan fingerprint density at radius 3 is 2.83 bits per heavy atom. The fourth-order valence-electron chi connectivity index (χ4n) is 0.904. The third-order valence-electron chi connectivity index (χ3n) is 1.61. The number of aryl methyl sites for hydroxylation is 1. The van der Waals surface area contributed by atoms with Crippen LogP contribution in [-0.4, -0.2) is 10.8 Å². The Morgan fingerprint density at radius 1 is 1.58 bits per heavy atom. The van der Waals surface area contributed by atoms with Crippen LogP contribution in [0.25, 0.3) is 0 Å². The van der Waals surface area contributed by atoms with Gasteiger partial charge in [0, 0.05) is 12.6 Å². The summed E-state index contributed by atoms with van der Waals surface area (Å²) < 4.78 is 0. The molecule has 2 N–H and O–H groups in total. The average molecular weight is 164 g/mol. The van der Waals surface area contributed by atoms with Gasteiger partial charge in [-0.2, -0.15) is 0 Å². The molecule has 0 amide bonds. The van der Waals surface area contributed by atoms with Gasteiger partial charge >= 0.3 is 0 Å². The normalized spacial score (nSPS) is 9.75. The Hall–Kier alpha value is -1.38. The van der Waals surface area contributed by atoms with Crippen molar-refractivity contribution in [3.8, 4) is 0 Å². The predicted molar refractivity (Wildman–Crippen MR) is 47.7 cm³/mol. The molecule has 64 valence electrons. The predicted octanol–water partition coefficient (Wildman–Crippen LogP) is 1.19. The van der Waals surface area contributed by atoms with Gasteiger partial charge in [0.25, 0.3) is 0 Å². The number of Topliss-reactive ketones (excluding diaryl/α,β-unsaturated/α-hetero) is 1. The summed E-state index contributed by atoms with van der Waals surface area (Å²) in [6.45, 7) is 1.59. The molecule has 1 heterocycles. The second-order valence-corrected chi connectivity index (χ2v) is 2.79. The van der Waals surface area contributed by atoms with Crippen molar-refractivity contribution in [1.82, 2.24) is 4.98 Å². The van der Waals surface area contributed by atoms with Crippen LogP contribution in [0.5, 0.6) is 0 Å². The van der Waals surface area contributed by atoms with Crippen LogP contribution >= 0.6 is 0 Å². The molecule has 3 heteroatoms. The molecule has 0 bridgehead atoms. The number of nitrogen functional groups attached to an aromatic ring is 1. The number of aromatic nitrogens is 1. The molecule has 0 saturated carbocycles. The maximum absolute atomic E-state index is 10.6. The lowest BCUT2D eigenvalue weighted by molar-refractivity contribution is -0.116. The molecule has 0 atom stereocenters. The van der Waals surface area contributed by atoms with Crippen LogP contribution in [0.4, 0.5) is 5.82 Å². The summed E-state index contributed by atoms with van der Waals surface area (Å²) in [6, 6.07) is 3.64. The minimum absolute atomic E-state index is 0.201. The Bertz CT molecular complexity index is 266. The lowest BCUT2D eigenvalue weighted by Crippen LogP contribution is -1.95. The summed E-state index contributed by atoms with van der Waals surface area (Å²) >= 11 is 0. The molecular formula is C9H12N2O. The zero-order valence-electron chi connectivity index (χ0n) is 7.08. The lowest BCUT2D eigenvalue weighted by Gasteiger charge is -1.97. The van der Waals surface area contributed by atoms with Crippen LogP contribution in [0.3, 0.4) is 0 Å². The molecule has 0 aliphatic heterocycles. The topological polar surface area (TPSA) is 56.0 Å². The van der Waals surface area contributed by atoms with Crippen molar-refractivity contribution in [2.24, 2.45) is 0 Å². The van der Waals surface area contributed by atoms with E-state index in [0.29, 0.717) is 12.2 Å². The summed E-state index contributed by atoms with van der Waals surface area (Å²) in [6.07, 6.45) is 3.03. The van der Waals surface area contributed by atoms with Crippen molar-refractivity contribution in [2.75, 3.05) is 5.73 Å². The van der Waals surface area contributed by atoms with E-state index in [4.69, 9.17) is 5.73 Å². The first-order chi connectivity index (χ1) is 5.68. The number of pyridine rings is 1. The fraction of sp³-hybridized carbons (Fsp3) is 0.333. The summed E-state index contributed by atoms with van der Waals surface area (Å²) in [7, 11) is 0. The number of hydrogen-bond acceptors (Lipinski definition) is 3. The van der Waals surface area contributed by atoms with Crippen LogP contribution in [0, 0.1) is 0 Å². The third-order valence-corrected chi connectivity index (χ3v) is 1.61. The van der Waals surface area contributed by atoms with E-state index in [9.17, 15) is 4.79 Å². The van der Waals surface area contributed by atoms with Gasteiger partial charge in [-0.1, -0.05) is 6.07 Å². The van der Waals surface area contributed by atoms with Crippen LogP contribution in [0.1, 0.15) is 18.9 Å². The molecule has 0 aliphatic carbocycles. The van der Waals surface area contributed by atoms with E-state index in [2.05, 4.69) is 4.98 Å². The van der Waals surface area contributed by atoms with Gasteiger partial charge in [-0.15, -0.1) is 0 Å². The van der Waals surface area contributed by atoms with Gasteiger partial charge in [-0.25, -0.2) is 4.98 Å². The maximum atomic E-state index is 10.6. The number of nitrogens with zero attached hydrogens (tertiary/aromatic N) is 1. The van der Waals surface area contributed by atoms with E-state index < -0.39 is 0 Å². The van der Waals surface area contributed by atoms with Gasteiger partial charge in [0.1, 0.15) is 11.6 Å². The van der Waals surface area contributed by atoms with Gasteiger partial charge in [0.2, 0.25) is 0 Å². The number of carbonyl (C=O) groups excluding carboxylic acids is 1. The first-order valence-corrected chi connectivity index (χ1v) is 3.88. The lowest BCUT2D eigenvalue weighted by atomic mass is 10.1. The molecule has 0 unspecified atom stereocenters. The molecule has 0 spiro atoms. The molecular weight excluding hydrogens is 152 g/mol. The molecule has 0 aromatic carbocycles. The van der Waals surface area contributed by atoms with Gasteiger partial charge in [-0.3, -0.25) is 0 Å². The summed E-state index contributed by atoms with van der Waals surface area (Å²) in [5.41, 5.74) is 6.46. The van der Waals surface area contributed by atoms with E-state index in [1.54, 1.807) is 19.2 Å². The van der Waals surface area contributed by atoms with Crippen molar-refractivity contribution in [1.29, 1.82) is 0 Å². The van der Waals surface area contributed by atoms with Crippen LogP contribution < -0.4 is 5.73 Å². The Morgan fingerprint density at radius 2 is 2.33 bits per heavy atom. The largest absolute Gasteiger partial charge is 0.384 e. The Kier molecular flexibility index (Phi) is 2.80. The second-order valence-electron chi connectivity index (χ2n) is 2.79. The van der Waals surface area contributed by atoms with E-state index in [1.165, 1.54) is 0 Å². The number of rotatable bonds is 3. The SMILES string of the molecule is CC(=O)CCc1ccc(N)nc1. The fourth-order valence-corrected chi connectivity index (χ4v) is 0.904. The Labute approximate surface area is 71.6 Å². The minimum atomic E-state index is 0.201. The van der Waals surface area contributed by atoms with Gasteiger partial charge in [0.05, 0.1) is 0 Å². The van der Waals surface area contributed by atoms with Crippen LogP contribution in [0.2, 0.25) is 0 Å². The van der Waals surface area contributed by atoms with Gasteiger partial charge in [0.15, 0.2) is 0 Å². The molecule has 0 saturated heterocycles. The van der Waals surface area contributed by atoms with Crippen molar-refractivity contribution < 1.29 is 4.79 Å². The minimum Gasteiger partial charge on any atom is -0.384 e. The molecule has 1 rings (SSSR count). The summed E-state index contributed by atoms with van der Waals surface area (Å²) in [5, 5.41) is 0. The third kappa shape index (κ3) is 2.70. The highest BCUT2D eigenvalue weighted by Gasteiger charge is 1.96. The summed E-state index contributed by atoms with van der Waals surface area (Å²) in [4.78, 5) is 14.6. The second kappa shape index (κ2) is 3.85. The van der Waals surface area contributed by atoms with Crippen molar-refractivity contribution >= 4 is 11.6 Å². The zero-order chi connectivity index (χ0) is 8.97. The number of ketones is 1. The molecule has 0 aliphatic rings. The first kappa shape index (κ1) is 8.71. The van der Waals surface area contributed by atoms with Crippen molar-refractivity contribution in [2.45, 2.75) is 19.8 Å². The quantitative estimate of drug-likeness (QED) is 0.730. The number of hydrogen-bond donors (Lipinski definition) is 1. The molecule has 12 heavy (non-hydrogen) atoms. The average Bonchev–Trinajstić information content (AvgIpc) is 2.03. The van der Waals surface area contributed by atoms with Gasteiger partial charge < -0.3 is 10.5 Å². The highest BCUT2D eigenvalue weighted by molar-refractivity contribution is 5.75. The first-order valence-electron chi connectivity index (χ1n) is 3.88. The van der Waals surface area contributed by atoms with Gasteiger partial charge in [-0.05, 0) is 25.0 Å². The highest BCUT2D eigenvalue weighted by Crippen LogP contribution is 2.04. The molecule has 0 radical (unpaired) electrons. The van der Waals surface area contributed by atoms with Crippen molar-refractivity contribution in [3.63, 3.8) is 0 Å². The molecule has 1 aromatic heterocycles. The summed E-state index contributed by atoms with van der Waals surface area (Å²) in [5.74, 6) is 0.716. The van der Waals surface area contributed by atoms with E-state index in [0.717, 1.165) is 12.0 Å². The van der Waals surface area contributed by atoms with Crippen LogP contribution in [0.15, 0.2) is 18.3 Å². The van der Waals surface area contributed by atoms with E-state index in [1.807, 2.05) is 6.07 Å². The Balaban J connectivity index is 2.53. The smallest absolute Gasteiger partial charge is 0.130 e.